The molecule has 0 saturated carbocycles. The summed E-state index contributed by atoms with van der Waals surface area (Å²) in [6, 6.07) is 13.6. The Morgan fingerprint density at radius 1 is 1.06 bits per heavy atom. The number of hydrogen-bond donors (Lipinski definition) is 1. The number of carbonyl (C=O) groups excluding carboxylic acids is 1. The summed E-state index contributed by atoms with van der Waals surface area (Å²) in [5.41, 5.74) is -0.587. The third-order valence-electron chi connectivity index (χ3n) is 5.43. The van der Waals surface area contributed by atoms with Gasteiger partial charge in [0.2, 0.25) is 0 Å². The molecular formula is C25H30F3NO4. The van der Waals surface area contributed by atoms with E-state index in [4.69, 9.17) is 9.47 Å². The number of amides is 1. The minimum Gasteiger partial charge on any atom is -0.486 e. The first-order valence-electron chi connectivity index (χ1n) is 11.0. The van der Waals surface area contributed by atoms with E-state index in [2.05, 4.69) is 0 Å². The lowest BCUT2D eigenvalue weighted by Gasteiger charge is -2.40. The molecule has 2 aromatic carbocycles. The van der Waals surface area contributed by atoms with Gasteiger partial charge in [0.25, 0.3) is 0 Å². The standard InChI is InChI=1S/C25H30F3NO4/c1-24(2,3)33-23(31)29-16-20(30)12-11-19(29)15-22(17-7-5-4-6-8-17)32-21-13-9-18(10-14-21)25(26,27)28/h4-10,13-14,19-20,22,30H,11-12,15-16H2,1-3H3/t19-,20+,22+/m0/s1. The van der Waals surface area contributed by atoms with E-state index in [1.54, 1.807) is 20.8 Å². The van der Waals surface area contributed by atoms with E-state index in [1.807, 2.05) is 30.3 Å². The van der Waals surface area contributed by atoms with Gasteiger partial charge in [-0.1, -0.05) is 30.3 Å². The maximum Gasteiger partial charge on any atom is 0.416 e. The summed E-state index contributed by atoms with van der Waals surface area (Å²) in [6.45, 7) is 5.49. The van der Waals surface area contributed by atoms with Crippen LogP contribution in [0.25, 0.3) is 0 Å². The molecule has 0 radical (unpaired) electrons. The van der Waals surface area contributed by atoms with Crippen LogP contribution in [0.2, 0.25) is 0 Å². The van der Waals surface area contributed by atoms with E-state index in [9.17, 15) is 23.1 Å². The van der Waals surface area contributed by atoms with Crippen molar-refractivity contribution in [2.45, 2.75) is 70.1 Å². The predicted molar refractivity (Wildman–Crippen MR) is 118 cm³/mol. The molecule has 0 spiro atoms. The monoisotopic (exact) mass is 465 g/mol. The molecule has 0 unspecified atom stereocenters. The van der Waals surface area contributed by atoms with E-state index in [0.717, 1.165) is 17.7 Å². The average Bonchev–Trinajstić information content (AvgIpc) is 2.73. The Balaban J connectivity index is 1.82. The van der Waals surface area contributed by atoms with Crippen LogP contribution >= 0.6 is 0 Å². The quantitative estimate of drug-likeness (QED) is 0.591. The minimum atomic E-state index is -4.42. The molecule has 0 aliphatic carbocycles. The second kappa shape index (κ2) is 10.0. The molecule has 1 aliphatic rings. The summed E-state index contributed by atoms with van der Waals surface area (Å²) in [5, 5.41) is 10.2. The van der Waals surface area contributed by atoms with Crippen LogP contribution in [0.4, 0.5) is 18.0 Å². The lowest BCUT2D eigenvalue weighted by molar-refractivity contribution is -0.137. The van der Waals surface area contributed by atoms with Crippen LogP contribution in [0.5, 0.6) is 5.75 Å². The maximum atomic E-state index is 12.9. The van der Waals surface area contributed by atoms with E-state index >= 15 is 0 Å². The van der Waals surface area contributed by atoms with Crippen LogP contribution in [0.15, 0.2) is 54.6 Å². The second-order valence-corrected chi connectivity index (χ2v) is 9.29. The number of nitrogens with zero attached hydrogens (tertiary/aromatic N) is 1. The summed E-state index contributed by atoms with van der Waals surface area (Å²) in [4.78, 5) is 14.4. The van der Waals surface area contributed by atoms with Gasteiger partial charge in [-0.2, -0.15) is 13.2 Å². The van der Waals surface area contributed by atoms with Gasteiger partial charge in [-0.3, -0.25) is 0 Å². The van der Waals surface area contributed by atoms with Crippen molar-refractivity contribution in [3.63, 3.8) is 0 Å². The highest BCUT2D eigenvalue weighted by Crippen LogP contribution is 2.34. The van der Waals surface area contributed by atoms with E-state index in [-0.39, 0.29) is 12.6 Å². The molecule has 33 heavy (non-hydrogen) atoms. The SMILES string of the molecule is CC(C)(C)OC(=O)N1C[C@H](O)CC[C@H]1C[C@@H](Oc1ccc(C(F)(F)F)cc1)c1ccccc1. The van der Waals surface area contributed by atoms with Gasteiger partial charge in [0, 0.05) is 12.5 Å². The summed E-state index contributed by atoms with van der Waals surface area (Å²) in [7, 11) is 0. The van der Waals surface area contributed by atoms with Gasteiger partial charge in [0.1, 0.15) is 17.5 Å². The third-order valence-corrected chi connectivity index (χ3v) is 5.43. The topological polar surface area (TPSA) is 59.0 Å². The Morgan fingerprint density at radius 2 is 1.70 bits per heavy atom. The Labute approximate surface area is 192 Å². The molecule has 3 atom stereocenters. The molecule has 1 amide bonds. The molecular weight excluding hydrogens is 435 g/mol. The minimum absolute atomic E-state index is 0.154. The first kappa shape index (κ1) is 24.9. The number of rotatable bonds is 5. The van der Waals surface area contributed by atoms with Crippen molar-refractivity contribution in [1.82, 2.24) is 4.90 Å². The van der Waals surface area contributed by atoms with Crippen LogP contribution in [0.3, 0.4) is 0 Å². The van der Waals surface area contributed by atoms with Crippen molar-refractivity contribution >= 4 is 6.09 Å². The zero-order valence-corrected chi connectivity index (χ0v) is 19.0. The van der Waals surface area contributed by atoms with E-state index < -0.39 is 35.6 Å². The lowest BCUT2D eigenvalue weighted by Crippen LogP contribution is -2.51. The van der Waals surface area contributed by atoms with Gasteiger partial charge < -0.3 is 19.5 Å². The summed E-state index contributed by atoms with van der Waals surface area (Å²) in [6.07, 6.45) is -4.59. The third kappa shape index (κ3) is 7.12. The number of hydrogen-bond acceptors (Lipinski definition) is 4. The van der Waals surface area contributed by atoms with Crippen LogP contribution in [-0.2, 0) is 10.9 Å². The Morgan fingerprint density at radius 3 is 2.27 bits per heavy atom. The highest BCUT2D eigenvalue weighted by Gasteiger charge is 2.36. The fraction of sp³-hybridized carbons (Fsp3) is 0.480. The van der Waals surface area contributed by atoms with Gasteiger partial charge in [-0.05, 0) is 63.4 Å². The molecule has 1 aliphatic heterocycles. The van der Waals surface area contributed by atoms with Gasteiger partial charge in [0.05, 0.1) is 18.2 Å². The number of aliphatic hydroxyl groups excluding tert-OH is 1. The van der Waals surface area contributed by atoms with Gasteiger partial charge in [0.15, 0.2) is 0 Å². The number of benzene rings is 2. The molecule has 0 bridgehead atoms. The van der Waals surface area contributed by atoms with Crippen molar-refractivity contribution < 1.29 is 32.5 Å². The first-order valence-corrected chi connectivity index (χ1v) is 11.0. The van der Waals surface area contributed by atoms with Crippen molar-refractivity contribution in [1.29, 1.82) is 0 Å². The molecule has 180 valence electrons. The molecule has 8 heteroatoms. The number of ether oxygens (including phenoxy) is 2. The lowest BCUT2D eigenvalue weighted by atomic mass is 9.93. The first-order chi connectivity index (χ1) is 15.4. The summed E-state index contributed by atoms with van der Waals surface area (Å²) in [5.74, 6) is 0.302. The van der Waals surface area contributed by atoms with Crippen LogP contribution in [0.1, 0.15) is 57.3 Å². The van der Waals surface area contributed by atoms with E-state index in [0.29, 0.717) is 25.0 Å². The van der Waals surface area contributed by atoms with Crippen molar-refractivity contribution in [2.75, 3.05) is 6.54 Å². The molecule has 1 heterocycles. The molecule has 0 aromatic heterocycles. The van der Waals surface area contributed by atoms with Crippen LogP contribution in [0, 0.1) is 0 Å². The second-order valence-electron chi connectivity index (χ2n) is 9.29. The number of likely N-dealkylation sites (tertiary alicyclic amines) is 1. The van der Waals surface area contributed by atoms with Gasteiger partial charge in [-0.15, -0.1) is 0 Å². The van der Waals surface area contributed by atoms with Gasteiger partial charge in [-0.25, -0.2) is 4.79 Å². The van der Waals surface area contributed by atoms with E-state index in [1.165, 1.54) is 17.0 Å². The van der Waals surface area contributed by atoms with Crippen LogP contribution < -0.4 is 4.74 Å². The molecule has 2 aromatic rings. The maximum absolute atomic E-state index is 12.9. The average molecular weight is 466 g/mol. The Bertz CT molecular complexity index is 910. The summed E-state index contributed by atoms with van der Waals surface area (Å²) >= 11 is 0. The zero-order chi connectivity index (χ0) is 24.2. The van der Waals surface area contributed by atoms with Gasteiger partial charge >= 0.3 is 12.3 Å². The fourth-order valence-corrected chi connectivity index (χ4v) is 3.85. The number of carbonyl (C=O) groups is 1. The molecule has 1 fully saturated rings. The largest absolute Gasteiger partial charge is 0.486 e. The normalized spacial score (nSPS) is 20.3. The highest BCUT2D eigenvalue weighted by molar-refractivity contribution is 5.68. The van der Waals surface area contributed by atoms with Crippen molar-refractivity contribution in [2.24, 2.45) is 0 Å². The van der Waals surface area contributed by atoms with Crippen molar-refractivity contribution in [3.8, 4) is 5.75 Å². The predicted octanol–water partition coefficient (Wildman–Crippen LogP) is 5.98. The zero-order valence-electron chi connectivity index (χ0n) is 19.0. The van der Waals surface area contributed by atoms with Crippen molar-refractivity contribution in [3.05, 3.63) is 65.7 Å². The Hall–Kier alpha value is -2.74. The highest BCUT2D eigenvalue weighted by atomic mass is 19.4. The molecule has 3 rings (SSSR count). The fourth-order valence-electron chi connectivity index (χ4n) is 3.85. The Kier molecular flexibility index (Phi) is 7.57. The summed E-state index contributed by atoms with van der Waals surface area (Å²) < 4.78 is 50.4. The molecule has 1 saturated heterocycles. The smallest absolute Gasteiger partial charge is 0.416 e. The number of alkyl halides is 3. The number of piperidine rings is 1. The molecule has 1 N–H and O–H groups in total. The number of aliphatic hydroxyl groups is 1. The van der Waals surface area contributed by atoms with Crippen LogP contribution in [-0.4, -0.2) is 40.4 Å². The number of β-amino-alcohol motifs (C(OH)–C–C–N with tert-alkyl or cyclic N) is 1. The molecule has 5 nitrogen and oxygen atoms in total. The number of halogens is 3.